The fraction of sp³-hybridized carbons (Fsp3) is 0.889. The third-order valence-corrected chi connectivity index (χ3v) is 4.40. The van der Waals surface area contributed by atoms with Crippen molar-refractivity contribution in [2.75, 3.05) is 41.0 Å². The first kappa shape index (κ1) is 22.0. The van der Waals surface area contributed by atoms with E-state index in [0.29, 0.717) is 13.2 Å². The molecule has 0 N–H and O–H groups in total. The third-order valence-electron chi connectivity index (χ3n) is 4.40. The van der Waals surface area contributed by atoms with E-state index in [-0.39, 0.29) is 37.4 Å². The molecule has 1 aliphatic heterocycles. The lowest BCUT2D eigenvalue weighted by Gasteiger charge is -2.33. The van der Waals surface area contributed by atoms with Crippen molar-refractivity contribution in [1.82, 2.24) is 4.90 Å². The Morgan fingerprint density at radius 3 is 1.80 bits per heavy atom. The van der Waals surface area contributed by atoms with Gasteiger partial charge in [0, 0.05) is 19.6 Å². The highest BCUT2D eigenvalue weighted by Crippen LogP contribution is 2.29. The van der Waals surface area contributed by atoms with E-state index in [0.717, 1.165) is 12.8 Å². The molecule has 0 spiro atoms. The SMILES string of the molecule is COCOC[C@@H]1CC[C@@H](COCOC)N1C(=O)[C@@H](C)C(=O)C(C)(C)C. The topological polar surface area (TPSA) is 74.3 Å². The molecule has 1 amide bonds. The van der Waals surface area contributed by atoms with Gasteiger partial charge in [0.25, 0.3) is 0 Å². The molecule has 0 saturated carbocycles. The number of likely N-dealkylation sites (tertiary alicyclic amines) is 1. The summed E-state index contributed by atoms with van der Waals surface area (Å²) < 4.78 is 20.8. The van der Waals surface area contributed by atoms with Crippen molar-refractivity contribution in [3.05, 3.63) is 0 Å². The van der Waals surface area contributed by atoms with Gasteiger partial charge in [-0.25, -0.2) is 0 Å². The van der Waals surface area contributed by atoms with Crippen LogP contribution in [0.5, 0.6) is 0 Å². The lowest BCUT2D eigenvalue weighted by atomic mass is 9.83. The smallest absolute Gasteiger partial charge is 0.233 e. The van der Waals surface area contributed by atoms with Gasteiger partial charge in [-0.15, -0.1) is 0 Å². The van der Waals surface area contributed by atoms with Crippen molar-refractivity contribution < 1.29 is 28.5 Å². The Labute approximate surface area is 150 Å². The quantitative estimate of drug-likeness (QED) is 0.337. The Balaban J connectivity index is 2.85. The maximum atomic E-state index is 13.1. The van der Waals surface area contributed by atoms with E-state index in [1.807, 2.05) is 20.8 Å². The summed E-state index contributed by atoms with van der Waals surface area (Å²) in [5.41, 5.74) is -0.557. The number of hydrogen-bond donors (Lipinski definition) is 0. The Hall–Kier alpha value is -1.02. The van der Waals surface area contributed by atoms with Crippen molar-refractivity contribution in [3.8, 4) is 0 Å². The van der Waals surface area contributed by atoms with Gasteiger partial charge in [-0.1, -0.05) is 20.8 Å². The summed E-state index contributed by atoms with van der Waals surface area (Å²) in [6.45, 7) is 8.33. The van der Waals surface area contributed by atoms with E-state index < -0.39 is 11.3 Å². The van der Waals surface area contributed by atoms with Gasteiger partial charge >= 0.3 is 0 Å². The van der Waals surface area contributed by atoms with Crippen LogP contribution in [0.4, 0.5) is 0 Å². The summed E-state index contributed by atoms with van der Waals surface area (Å²) in [5, 5.41) is 0. The molecule has 0 unspecified atom stereocenters. The molecule has 7 nitrogen and oxygen atoms in total. The molecule has 3 atom stereocenters. The second kappa shape index (κ2) is 10.2. The summed E-state index contributed by atoms with van der Waals surface area (Å²) in [6, 6.07) is -0.150. The third kappa shape index (κ3) is 6.33. The Bertz CT molecular complexity index is 416. The molecular formula is C18H33NO6. The summed E-state index contributed by atoms with van der Waals surface area (Å²) >= 11 is 0. The zero-order valence-electron chi connectivity index (χ0n) is 16.4. The molecule has 1 saturated heterocycles. The van der Waals surface area contributed by atoms with Crippen LogP contribution in [0.15, 0.2) is 0 Å². The molecule has 25 heavy (non-hydrogen) atoms. The molecule has 0 aliphatic carbocycles. The Kier molecular flexibility index (Phi) is 8.99. The van der Waals surface area contributed by atoms with Gasteiger partial charge in [-0.3, -0.25) is 9.59 Å². The molecule has 1 heterocycles. The maximum absolute atomic E-state index is 13.1. The highest BCUT2D eigenvalue weighted by atomic mass is 16.7. The minimum absolute atomic E-state index is 0.0579. The average Bonchev–Trinajstić information content (AvgIpc) is 2.95. The van der Waals surface area contributed by atoms with Crippen molar-refractivity contribution in [2.45, 2.75) is 52.6 Å². The number of Topliss-reactive ketones (excluding diaryl/α,β-unsaturated/α-hetero) is 1. The van der Waals surface area contributed by atoms with Gasteiger partial charge in [-0.2, -0.15) is 0 Å². The van der Waals surface area contributed by atoms with Crippen LogP contribution in [0.25, 0.3) is 0 Å². The zero-order chi connectivity index (χ0) is 19.0. The summed E-state index contributed by atoms with van der Waals surface area (Å²) in [4.78, 5) is 27.4. The van der Waals surface area contributed by atoms with Crippen molar-refractivity contribution in [2.24, 2.45) is 11.3 Å². The van der Waals surface area contributed by atoms with Crippen LogP contribution in [-0.2, 0) is 28.5 Å². The number of rotatable bonds is 10. The monoisotopic (exact) mass is 359 g/mol. The summed E-state index contributed by atoms with van der Waals surface area (Å²) in [7, 11) is 3.12. The van der Waals surface area contributed by atoms with Crippen LogP contribution in [0.2, 0.25) is 0 Å². The molecule has 146 valence electrons. The van der Waals surface area contributed by atoms with Crippen LogP contribution in [0, 0.1) is 11.3 Å². The number of carbonyl (C=O) groups excluding carboxylic acids is 2. The van der Waals surface area contributed by atoms with Crippen molar-refractivity contribution in [3.63, 3.8) is 0 Å². The van der Waals surface area contributed by atoms with Crippen LogP contribution in [-0.4, -0.2) is 69.7 Å². The molecular weight excluding hydrogens is 326 g/mol. The van der Waals surface area contributed by atoms with E-state index in [9.17, 15) is 9.59 Å². The predicted molar refractivity (Wildman–Crippen MR) is 92.9 cm³/mol. The van der Waals surface area contributed by atoms with E-state index in [1.54, 1.807) is 26.0 Å². The number of carbonyl (C=O) groups is 2. The highest BCUT2D eigenvalue weighted by Gasteiger charge is 2.42. The predicted octanol–water partition coefficient (Wildman–Crippen LogP) is 1.84. The highest BCUT2D eigenvalue weighted by molar-refractivity contribution is 6.03. The molecule has 1 fully saturated rings. The Morgan fingerprint density at radius 2 is 1.44 bits per heavy atom. The van der Waals surface area contributed by atoms with E-state index in [2.05, 4.69) is 0 Å². The maximum Gasteiger partial charge on any atom is 0.233 e. The molecule has 1 aliphatic rings. The summed E-state index contributed by atoms with van der Waals surface area (Å²) in [6.07, 6.45) is 1.62. The van der Waals surface area contributed by atoms with Gasteiger partial charge in [0.15, 0.2) is 0 Å². The molecule has 0 radical (unpaired) electrons. The molecule has 0 aromatic carbocycles. The van der Waals surface area contributed by atoms with Crippen LogP contribution < -0.4 is 0 Å². The van der Waals surface area contributed by atoms with Gasteiger partial charge in [-0.05, 0) is 19.8 Å². The molecule has 1 rings (SSSR count). The lowest BCUT2D eigenvalue weighted by Crippen LogP contribution is -2.50. The average molecular weight is 359 g/mol. The number of methoxy groups -OCH3 is 2. The normalized spacial score (nSPS) is 22.2. The fourth-order valence-corrected chi connectivity index (χ4v) is 3.17. The first-order chi connectivity index (χ1) is 11.7. The zero-order valence-corrected chi connectivity index (χ0v) is 16.4. The lowest BCUT2D eigenvalue weighted by molar-refractivity contribution is -0.149. The number of hydrogen-bond acceptors (Lipinski definition) is 6. The molecule has 7 heteroatoms. The second-order valence-corrected chi connectivity index (χ2v) is 7.52. The molecule has 0 bridgehead atoms. The van der Waals surface area contributed by atoms with Crippen LogP contribution in [0.3, 0.4) is 0 Å². The standard InChI is InChI=1S/C18H33NO6/c1-13(16(20)18(2,3)4)17(21)19-14(9-24-11-22-5)7-8-15(19)10-25-12-23-6/h13-15H,7-12H2,1-6H3/t13-,14-,15-/m0/s1. The number of amides is 1. The number of ether oxygens (including phenoxy) is 4. The van der Waals surface area contributed by atoms with Gasteiger partial charge in [0.1, 0.15) is 19.4 Å². The number of nitrogens with zero attached hydrogens (tertiary/aromatic N) is 1. The minimum atomic E-state index is -0.687. The summed E-state index contributed by atoms with van der Waals surface area (Å²) in [5.74, 6) is -0.903. The van der Waals surface area contributed by atoms with E-state index in [1.165, 1.54) is 0 Å². The van der Waals surface area contributed by atoms with E-state index in [4.69, 9.17) is 18.9 Å². The number of ketones is 1. The minimum Gasteiger partial charge on any atom is -0.359 e. The largest absolute Gasteiger partial charge is 0.359 e. The molecule has 0 aromatic heterocycles. The Morgan fingerprint density at radius 1 is 1.00 bits per heavy atom. The van der Waals surface area contributed by atoms with Gasteiger partial charge in [0.05, 0.1) is 31.2 Å². The van der Waals surface area contributed by atoms with Crippen molar-refractivity contribution in [1.29, 1.82) is 0 Å². The van der Waals surface area contributed by atoms with Crippen molar-refractivity contribution >= 4 is 11.7 Å². The second-order valence-electron chi connectivity index (χ2n) is 7.52. The van der Waals surface area contributed by atoms with Gasteiger partial charge < -0.3 is 23.8 Å². The van der Waals surface area contributed by atoms with Crippen LogP contribution >= 0.6 is 0 Å². The van der Waals surface area contributed by atoms with E-state index >= 15 is 0 Å². The van der Waals surface area contributed by atoms with Gasteiger partial charge in [0.2, 0.25) is 5.91 Å². The molecule has 0 aromatic rings. The fourth-order valence-electron chi connectivity index (χ4n) is 3.17. The first-order valence-electron chi connectivity index (χ1n) is 8.73. The first-order valence-corrected chi connectivity index (χ1v) is 8.73. The van der Waals surface area contributed by atoms with Crippen LogP contribution in [0.1, 0.15) is 40.5 Å².